The van der Waals surface area contributed by atoms with Gasteiger partial charge in [0.1, 0.15) is 17.9 Å². The summed E-state index contributed by atoms with van der Waals surface area (Å²) in [4.78, 5) is 15.4. The van der Waals surface area contributed by atoms with Gasteiger partial charge in [-0.25, -0.2) is 9.78 Å². The maximum absolute atomic E-state index is 10.9. The molecule has 2 aromatic rings. The van der Waals surface area contributed by atoms with Crippen LogP contribution in [0.2, 0.25) is 0 Å². The molecule has 0 aliphatic carbocycles. The number of ether oxygens (including phenoxy) is 2. The smallest absolute Gasteiger partial charge is 0.332 e. The Morgan fingerprint density at radius 1 is 1.38 bits per heavy atom. The van der Waals surface area contributed by atoms with Crippen LogP contribution in [-0.2, 0) is 9.53 Å². The van der Waals surface area contributed by atoms with Crippen molar-refractivity contribution in [2.24, 2.45) is 0 Å². The van der Waals surface area contributed by atoms with Crippen LogP contribution in [0.3, 0.4) is 0 Å². The third kappa shape index (κ3) is 2.97. The average Bonchev–Trinajstić information content (AvgIpc) is 2.94. The van der Waals surface area contributed by atoms with Crippen molar-refractivity contribution in [2.75, 3.05) is 6.61 Å². The first-order valence-electron chi connectivity index (χ1n) is 7.01. The van der Waals surface area contributed by atoms with Crippen LogP contribution >= 0.6 is 0 Å². The summed E-state index contributed by atoms with van der Waals surface area (Å²) in [6, 6.07) is 9.75. The number of aromatic nitrogens is 1. The minimum Gasteiger partial charge on any atom is -0.489 e. The molecular weight excluding hydrogens is 270 g/mol. The highest BCUT2D eigenvalue weighted by Crippen LogP contribution is 2.26. The lowest BCUT2D eigenvalue weighted by Gasteiger charge is -2.14. The van der Waals surface area contributed by atoms with Gasteiger partial charge in [0.25, 0.3) is 0 Å². The van der Waals surface area contributed by atoms with Crippen LogP contribution in [0.1, 0.15) is 18.5 Å². The molecule has 1 saturated heterocycles. The van der Waals surface area contributed by atoms with Gasteiger partial charge in [0, 0.05) is 11.1 Å². The SMILES string of the molecule is Cc1ccc2cccc(OCC3CCC(C(=O)O)O3)c2n1. The Bertz CT molecular complexity index is 670. The number of fused-ring (bicyclic) bond motifs is 1. The molecule has 1 aromatic heterocycles. The molecule has 1 N–H and O–H groups in total. The highest BCUT2D eigenvalue weighted by atomic mass is 16.6. The van der Waals surface area contributed by atoms with Crippen LogP contribution in [0.15, 0.2) is 30.3 Å². The Balaban J connectivity index is 1.71. The van der Waals surface area contributed by atoms with Gasteiger partial charge in [0.2, 0.25) is 0 Å². The standard InChI is InChI=1S/C16H17NO4/c1-10-5-6-11-3-2-4-13(15(11)17-10)20-9-12-7-8-14(21-12)16(18)19/h2-6,12,14H,7-9H2,1H3,(H,18,19). The highest BCUT2D eigenvalue weighted by molar-refractivity contribution is 5.84. The number of rotatable bonds is 4. The minimum atomic E-state index is -0.903. The monoisotopic (exact) mass is 287 g/mol. The molecule has 1 fully saturated rings. The van der Waals surface area contributed by atoms with Crippen LogP contribution in [0.4, 0.5) is 0 Å². The number of nitrogens with zero attached hydrogens (tertiary/aromatic N) is 1. The lowest BCUT2D eigenvalue weighted by molar-refractivity contribution is -0.149. The normalized spacial score (nSPS) is 21.6. The summed E-state index contributed by atoms with van der Waals surface area (Å²) in [6.07, 6.45) is 0.363. The van der Waals surface area contributed by atoms with Gasteiger partial charge in [-0.3, -0.25) is 0 Å². The lowest BCUT2D eigenvalue weighted by Crippen LogP contribution is -2.23. The first-order valence-corrected chi connectivity index (χ1v) is 7.01. The van der Waals surface area contributed by atoms with E-state index in [1.165, 1.54) is 0 Å². The second-order valence-corrected chi connectivity index (χ2v) is 5.25. The van der Waals surface area contributed by atoms with E-state index in [4.69, 9.17) is 14.6 Å². The fourth-order valence-electron chi connectivity index (χ4n) is 2.53. The van der Waals surface area contributed by atoms with Crippen molar-refractivity contribution in [2.45, 2.75) is 32.0 Å². The average molecular weight is 287 g/mol. The van der Waals surface area contributed by atoms with Crippen LogP contribution in [-0.4, -0.2) is 34.9 Å². The number of hydrogen-bond donors (Lipinski definition) is 1. The highest BCUT2D eigenvalue weighted by Gasteiger charge is 2.30. The molecular formula is C16H17NO4. The van der Waals surface area contributed by atoms with Gasteiger partial charge in [-0.1, -0.05) is 18.2 Å². The molecule has 0 bridgehead atoms. The number of pyridine rings is 1. The lowest BCUT2D eigenvalue weighted by atomic mass is 10.2. The Hall–Kier alpha value is -2.14. The van der Waals surface area contributed by atoms with E-state index in [-0.39, 0.29) is 6.10 Å². The largest absolute Gasteiger partial charge is 0.489 e. The molecule has 1 aliphatic heterocycles. The topological polar surface area (TPSA) is 68.7 Å². The number of carboxylic acid groups (broad SMARTS) is 1. The second-order valence-electron chi connectivity index (χ2n) is 5.25. The molecule has 0 amide bonds. The molecule has 3 rings (SSSR count). The predicted octanol–water partition coefficient (Wildman–Crippen LogP) is 2.55. The third-order valence-electron chi connectivity index (χ3n) is 3.63. The first kappa shape index (κ1) is 13.8. The maximum Gasteiger partial charge on any atom is 0.332 e. The Morgan fingerprint density at radius 2 is 2.24 bits per heavy atom. The molecule has 1 aromatic carbocycles. The summed E-state index contributed by atoms with van der Waals surface area (Å²) in [6.45, 7) is 2.28. The van der Waals surface area contributed by atoms with Crippen molar-refractivity contribution in [3.8, 4) is 5.75 Å². The van der Waals surface area contributed by atoms with Gasteiger partial charge in [0.15, 0.2) is 6.10 Å². The predicted molar refractivity (Wildman–Crippen MR) is 77.5 cm³/mol. The van der Waals surface area contributed by atoms with Crippen LogP contribution < -0.4 is 4.74 Å². The summed E-state index contributed by atoms with van der Waals surface area (Å²) in [7, 11) is 0. The van der Waals surface area contributed by atoms with Gasteiger partial charge in [-0.15, -0.1) is 0 Å². The van der Waals surface area contributed by atoms with Crippen molar-refractivity contribution in [1.29, 1.82) is 0 Å². The maximum atomic E-state index is 10.9. The van der Waals surface area contributed by atoms with E-state index >= 15 is 0 Å². The van der Waals surface area contributed by atoms with Gasteiger partial charge >= 0.3 is 5.97 Å². The van der Waals surface area contributed by atoms with E-state index in [1.54, 1.807) is 0 Å². The molecule has 110 valence electrons. The summed E-state index contributed by atoms with van der Waals surface area (Å²) in [5, 5.41) is 9.93. The number of aryl methyl sites for hydroxylation is 1. The molecule has 5 heteroatoms. The van der Waals surface area contributed by atoms with Crippen molar-refractivity contribution in [3.63, 3.8) is 0 Å². The fraction of sp³-hybridized carbons (Fsp3) is 0.375. The van der Waals surface area contributed by atoms with E-state index in [0.29, 0.717) is 25.2 Å². The van der Waals surface area contributed by atoms with Gasteiger partial charge in [-0.05, 0) is 31.9 Å². The van der Waals surface area contributed by atoms with Crippen molar-refractivity contribution in [3.05, 3.63) is 36.0 Å². The quantitative estimate of drug-likeness (QED) is 0.936. The first-order chi connectivity index (χ1) is 10.1. The molecule has 2 unspecified atom stereocenters. The third-order valence-corrected chi connectivity index (χ3v) is 3.63. The van der Waals surface area contributed by atoms with Crippen molar-refractivity contribution in [1.82, 2.24) is 4.98 Å². The number of para-hydroxylation sites is 1. The van der Waals surface area contributed by atoms with Crippen molar-refractivity contribution < 1.29 is 19.4 Å². The van der Waals surface area contributed by atoms with E-state index in [1.807, 2.05) is 37.3 Å². The molecule has 0 saturated carbocycles. The Labute approximate surface area is 122 Å². The molecule has 1 aliphatic rings. The summed E-state index contributed by atoms with van der Waals surface area (Å²) < 4.78 is 11.2. The summed E-state index contributed by atoms with van der Waals surface area (Å²) in [5.74, 6) is -0.196. The number of carbonyl (C=O) groups is 1. The second kappa shape index (κ2) is 5.69. The van der Waals surface area contributed by atoms with Crippen LogP contribution in [0.5, 0.6) is 5.75 Å². The van der Waals surface area contributed by atoms with Gasteiger partial charge in [0.05, 0.1) is 6.10 Å². The number of carboxylic acids is 1. The molecule has 0 radical (unpaired) electrons. The van der Waals surface area contributed by atoms with Gasteiger partial charge in [-0.2, -0.15) is 0 Å². The van der Waals surface area contributed by atoms with E-state index in [9.17, 15) is 4.79 Å². The van der Waals surface area contributed by atoms with Crippen molar-refractivity contribution >= 4 is 16.9 Å². The minimum absolute atomic E-state index is 0.175. The summed E-state index contributed by atoms with van der Waals surface area (Å²) >= 11 is 0. The Kier molecular flexibility index (Phi) is 3.75. The zero-order chi connectivity index (χ0) is 14.8. The van der Waals surface area contributed by atoms with E-state index in [2.05, 4.69) is 4.98 Å². The van der Waals surface area contributed by atoms with Crippen LogP contribution in [0.25, 0.3) is 10.9 Å². The zero-order valence-electron chi connectivity index (χ0n) is 11.8. The van der Waals surface area contributed by atoms with Gasteiger partial charge < -0.3 is 14.6 Å². The fourth-order valence-corrected chi connectivity index (χ4v) is 2.53. The Morgan fingerprint density at radius 3 is 3.00 bits per heavy atom. The molecule has 5 nitrogen and oxygen atoms in total. The molecule has 21 heavy (non-hydrogen) atoms. The van der Waals surface area contributed by atoms with E-state index in [0.717, 1.165) is 16.6 Å². The molecule has 2 atom stereocenters. The number of benzene rings is 1. The molecule has 2 heterocycles. The van der Waals surface area contributed by atoms with Crippen LogP contribution in [0, 0.1) is 6.92 Å². The summed E-state index contributed by atoms with van der Waals surface area (Å²) in [5.41, 5.74) is 1.76. The number of hydrogen-bond acceptors (Lipinski definition) is 4. The zero-order valence-corrected chi connectivity index (χ0v) is 11.8. The molecule has 0 spiro atoms. The number of aliphatic carboxylic acids is 1. The van der Waals surface area contributed by atoms with E-state index < -0.39 is 12.1 Å².